The number of carboxylic acid groups (broad SMARTS) is 1. The number of aliphatic carboxylic acids is 1. The van der Waals surface area contributed by atoms with Gasteiger partial charge in [0, 0.05) is 12.0 Å². The van der Waals surface area contributed by atoms with Gasteiger partial charge in [0.05, 0.1) is 5.97 Å². The Balaban J connectivity index is 2.33. The molecule has 0 radical (unpaired) electrons. The minimum Gasteiger partial charge on any atom is -0.546 e. The van der Waals surface area contributed by atoms with Crippen molar-refractivity contribution in [3.63, 3.8) is 0 Å². The number of hydrogen-bond donors (Lipinski definition) is 0. The molecule has 8 heteroatoms. The van der Waals surface area contributed by atoms with Gasteiger partial charge in [0.15, 0.2) is 5.78 Å². The summed E-state index contributed by atoms with van der Waals surface area (Å²) < 4.78 is 46.7. The quantitative estimate of drug-likeness (QED) is 0.467. The molecule has 0 spiro atoms. The molecule has 186 valence electrons. The molecule has 1 atom stereocenters. The van der Waals surface area contributed by atoms with Crippen molar-refractivity contribution in [3.8, 4) is 11.5 Å². The van der Waals surface area contributed by atoms with Gasteiger partial charge < -0.3 is 19.4 Å². The van der Waals surface area contributed by atoms with Crippen LogP contribution in [0.3, 0.4) is 0 Å². The molecule has 0 saturated carbocycles. The Bertz CT molecular complexity index is 1020. The average Bonchev–Trinajstić information content (AvgIpc) is 2.67. The van der Waals surface area contributed by atoms with E-state index in [9.17, 15) is 27.9 Å². The highest BCUT2D eigenvalue weighted by molar-refractivity contribution is 5.96. The third-order valence-corrected chi connectivity index (χ3v) is 5.58. The first-order valence-electron chi connectivity index (χ1n) is 10.8. The van der Waals surface area contributed by atoms with Crippen molar-refractivity contribution in [1.82, 2.24) is 0 Å². The van der Waals surface area contributed by atoms with Crippen molar-refractivity contribution in [2.45, 2.75) is 72.8 Å². The second kappa shape index (κ2) is 9.68. The number of carbonyl (C=O) groups excluding carboxylic acids is 2. The van der Waals surface area contributed by atoms with Crippen molar-refractivity contribution in [3.05, 3.63) is 58.7 Å². The van der Waals surface area contributed by atoms with Crippen LogP contribution in [-0.4, -0.2) is 23.7 Å². The van der Waals surface area contributed by atoms with Crippen LogP contribution >= 0.6 is 0 Å². The minimum atomic E-state index is -4.80. The van der Waals surface area contributed by atoms with Crippen molar-refractivity contribution < 1.29 is 37.3 Å². The molecular weight excluding hydrogens is 449 g/mol. The Morgan fingerprint density at radius 1 is 0.912 bits per heavy atom. The number of Topliss-reactive ketones (excluding diaryl/α,β-unsaturated/α-hetero) is 1. The summed E-state index contributed by atoms with van der Waals surface area (Å²) in [6.45, 7) is 12.4. The Labute approximate surface area is 197 Å². The van der Waals surface area contributed by atoms with Crippen LogP contribution in [0, 0.1) is 19.3 Å². The summed E-state index contributed by atoms with van der Waals surface area (Å²) in [4.78, 5) is 24.4. The third-order valence-electron chi connectivity index (χ3n) is 5.58. The molecule has 1 unspecified atom stereocenters. The molecule has 0 heterocycles. The first-order valence-corrected chi connectivity index (χ1v) is 10.8. The minimum absolute atomic E-state index is 0.132. The number of ether oxygens (including phenoxy) is 2. The lowest BCUT2D eigenvalue weighted by Gasteiger charge is -2.33. The summed E-state index contributed by atoms with van der Waals surface area (Å²) in [7, 11) is 0. The Hall–Kier alpha value is -3.03. The van der Waals surface area contributed by atoms with Gasteiger partial charge in [-0.3, -0.25) is 4.79 Å². The van der Waals surface area contributed by atoms with Crippen LogP contribution in [0.15, 0.2) is 36.4 Å². The monoisotopic (exact) mass is 479 g/mol. The zero-order valence-corrected chi connectivity index (χ0v) is 20.4. The molecule has 0 bridgehead atoms. The van der Waals surface area contributed by atoms with Crippen LogP contribution < -0.4 is 14.6 Å². The van der Waals surface area contributed by atoms with Crippen molar-refractivity contribution >= 4 is 11.8 Å². The van der Waals surface area contributed by atoms with Gasteiger partial charge in [0.25, 0.3) is 0 Å². The van der Waals surface area contributed by atoms with Crippen molar-refractivity contribution in [2.24, 2.45) is 5.41 Å². The number of rotatable bonds is 8. The fourth-order valence-corrected chi connectivity index (χ4v) is 3.71. The average molecular weight is 480 g/mol. The molecule has 0 fully saturated rings. The van der Waals surface area contributed by atoms with E-state index in [1.54, 1.807) is 13.8 Å². The molecule has 2 aromatic rings. The molecule has 34 heavy (non-hydrogen) atoms. The predicted molar refractivity (Wildman–Crippen MR) is 120 cm³/mol. The van der Waals surface area contributed by atoms with Crippen molar-refractivity contribution in [2.75, 3.05) is 0 Å². The second-order valence-electron chi connectivity index (χ2n) is 10.0. The van der Waals surface area contributed by atoms with Gasteiger partial charge in [0.1, 0.15) is 17.1 Å². The summed E-state index contributed by atoms with van der Waals surface area (Å²) in [5.41, 5.74) is 0.776. The summed E-state index contributed by atoms with van der Waals surface area (Å²) in [6.07, 6.45) is -4.67. The Morgan fingerprint density at radius 2 is 1.41 bits per heavy atom. The summed E-state index contributed by atoms with van der Waals surface area (Å²) >= 11 is 0. The zero-order valence-electron chi connectivity index (χ0n) is 20.4. The molecule has 2 rings (SSSR count). The zero-order chi connectivity index (χ0) is 26.1. The normalized spacial score (nSPS) is 13.4. The smallest absolute Gasteiger partial charge is 0.546 e. The second-order valence-corrected chi connectivity index (χ2v) is 10.0. The lowest BCUT2D eigenvalue weighted by Crippen LogP contribution is -2.48. The summed E-state index contributed by atoms with van der Waals surface area (Å²) in [5, 5.41) is 11.4. The number of carbonyl (C=O) groups is 2. The van der Waals surface area contributed by atoms with Gasteiger partial charge >= 0.3 is 6.36 Å². The van der Waals surface area contributed by atoms with E-state index >= 15 is 0 Å². The summed E-state index contributed by atoms with van der Waals surface area (Å²) in [6, 6.07) is 8.62. The highest BCUT2D eigenvalue weighted by Gasteiger charge is 2.32. The molecule has 0 N–H and O–H groups in total. The van der Waals surface area contributed by atoms with E-state index in [0.29, 0.717) is 5.75 Å². The molecule has 0 aliphatic heterocycles. The lowest BCUT2D eigenvalue weighted by molar-refractivity contribution is -0.320. The first kappa shape index (κ1) is 27.2. The molecular formula is C26H30F3O5-. The van der Waals surface area contributed by atoms with E-state index in [1.807, 2.05) is 32.9 Å². The standard InChI is InChI=1S/C26H31F3O5/c1-15-12-18(13-16(2)22(15)34-25(6,7)23(31)32)20(24(3,4)5)14-21(30)17-8-10-19(11-9-17)33-26(27,28)29/h8-13,20H,14H2,1-7H3,(H,31,32)/p-1. The predicted octanol–water partition coefficient (Wildman–Crippen LogP) is 5.51. The van der Waals surface area contributed by atoms with Gasteiger partial charge in [-0.05, 0) is 80.0 Å². The van der Waals surface area contributed by atoms with Crippen LogP contribution in [0.4, 0.5) is 13.2 Å². The molecule has 2 aromatic carbocycles. The number of ketones is 1. The van der Waals surface area contributed by atoms with Crippen molar-refractivity contribution in [1.29, 1.82) is 0 Å². The van der Waals surface area contributed by atoms with E-state index in [2.05, 4.69) is 4.74 Å². The highest BCUT2D eigenvalue weighted by Crippen LogP contribution is 2.41. The largest absolute Gasteiger partial charge is 0.573 e. The first-order chi connectivity index (χ1) is 15.4. The van der Waals surface area contributed by atoms with E-state index in [4.69, 9.17) is 4.74 Å². The number of halogens is 3. The van der Waals surface area contributed by atoms with Gasteiger partial charge in [-0.15, -0.1) is 13.2 Å². The number of alkyl halides is 3. The van der Waals surface area contributed by atoms with Gasteiger partial charge in [0.2, 0.25) is 0 Å². The van der Waals surface area contributed by atoms with Gasteiger partial charge in [-0.1, -0.05) is 32.9 Å². The fourth-order valence-electron chi connectivity index (χ4n) is 3.71. The molecule has 0 saturated heterocycles. The maximum absolute atomic E-state index is 13.0. The molecule has 5 nitrogen and oxygen atoms in total. The van der Waals surface area contributed by atoms with Gasteiger partial charge in [-0.25, -0.2) is 0 Å². The maximum Gasteiger partial charge on any atom is 0.573 e. The molecule has 0 aliphatic carbocycles. The summed E-state index contributed by atoms with van der Waals surface area (Å²) in [5.74, 6) is -1.71. The molecule has 0 amide bonds. The number of carboxylic acids is 1. The molecule has 0 aliphatic rings. The Kier molecular flexibility index (Phi) is 7.75. The molecule has 0 aromatic heterocycles. The fraction of sp³-hybridized carbons (Fsp3) is 0.462. The number of hydrogen-bond acceptors (Lipinski definition) is 5. The van der Waals surface area contributed by atoms with E-state index in [0.717, 1.165) is 28.8 Å². The lowest BCUT2D eigenvalue weighted by atomic mass is 9.73. The number of aryl methyl sites for hydroxylation is 2. The SMILES string of the molecule is Cc1cc(C(CC(=O)c2ccc(OC(F)(F)F)cc2)C(C)(C)C)cc(C)c1OC(C)(C)C(=O)[O-]. The topological polar surface area (TPSA) is 75.7 Å². The van der Waals surface area contributed by atoms with Crippen LogP contribution in [0.25, 0.3) is 0 Å². The van der Waals surface area contributed by atoms with E-state index in [1.165, 1.54) is 26.0 Å². The maximum atomic E-state index is 13.0. The Morgan fingerprint density at radius 3 is 1.82 bits per heavy atom. The van der Waals surface area contributed by atoms with Crippen LogP contribution in [-0.2, 0) is 4.79 Å². The van der Waals surface area contributed by atoms with Crippen LogP contribution in [0.2, 0.25) is 0 Å². The number of benzene rings is 2. The van der Waals surface area contributed by atoms with Crippen LogP contribution in [0.1, 0.15) is 74.0 Å². The third kappa shape index (κ3) is 6.98. The highest BCUT2D eigenvalue weighted by atomic mass is 19.4. The van der Waals surface area contributed by atoms with Crippen LogP contribution in [0.5, 0.6) is 11.5 Å². The van der Waals surface area contributed by atoms with E-state index < -0.39 is 23.7 Å². The van der Waals surface area contributed by atoms with Gasteiger partial charge in [-0.2, -0.15) is 0 Å². The van der Waals surface area contributed by atoms with E-state index in [-0.39, 0.29) is 29.1 Å².